The van der Waals surface area contributed by atoms with Crippen LogP contribution in [0.3, 0.4) is 0 Å². The Kier molecular flexibility index (Phi) is 6.48. The number of nitrogens with one attached hydrogen (secondary N) is 1. The minimum Gasteiger partial charge on any atom is -0.396 e. The van der Waals surface area contributed by atoms with E-state index in [1.165, 1.54) is 0 Å². The third-order valence-corrected chi connectivity index (χ3v) is 2.33. The number of rotatable bonds is 7. The van der Waals surface area contributed by atoms with Crippen LogP contribution in [0, 0.1) is 5.92 Å². The Morgan fingerprint density at radius 3 is 2.44 bits per heavy atom. The summed E-state index contributed by atoms with van der Waals surface area (Å²) in [6, 6.07) is -0.142. The highest BCUT2D eigenvalue weighted by Gasteiger charge is 2.26. The first-order chi connectivity index (χ1) is 7.28. The van der Waals surface area contributed by atoms with E-state index in [4.69, 9.17) is 5.11 Å². The first-order valence-electron chi connectivity index (χ1n) is 5.56. The lowest BCUT2D eigenvalue weighted by Gasteiger charge is -2.20. The number of hydrogen-bond acceptors (Lipinski definition) is 2. The second-order valence-corrected chi connectivity index (χ2v) is 4.44. The van der Waals surface area contributed by atoms with Crippen molar-refractivity contribution >= 4 is 5.91 Å². The molecule has 0 aromatic rings. The third-order valence-electron chi connectivity index (χ3n) is 2.33. The summed E-state index contributed by atoms with van der Waals surface area (Å²) in [5, 5.41) is 11.4. The first kappa shape index (κ1) is 15.3. The minimum absolute atomic E-state index is 0.0380. The molecule has 0 rings (SSSR count). The Bertz CT molecular complexity index is 217. The van der Waals surface area contributed by atoms with Gasteiger partial charge in [0.25, 0.3) is 5.92 Å². The van der Waals surface area contributed by atoms with Gasteiger partial charge < -0.3 is 10.4 Å². The summed E-state index contributed by atoms with van der Waals surface area (Å²) >= 11 is 0. The Morgan fingerprint density at radius 2 is 2.06 bits per heavy atom. The molecule has 0 aromatic carbocycles. The molecule has 0 radical (unpaired) electrons. The van der Waals surface area contributed by atoms with Gasteiger partial charge in [-0.1, -0.05) is 13.8 Å². The summed E-state index contributed by atoms with van der Waals surface area (Å²) in [6.07, 6.45) is 0.496. The van der Waals surface area contributed by atoms with Crippen LogP contribution in [-0.4, -0.2) is 29.6 Å². The fraction of sp³-hybridized carbons (Fsp3) is 0.909. The van der Waals surface area contributed by atoms with Crippen LogP contribution in [0.15, 0.2) is 0 Å². The van der Waals surface area contributed by atoms with E-state index < -0.39 is 18.3 Å². The van der Waals surface area contributed by atoms with Gasteiger partial charge in [0.05, 0.1) is 6.42 Å². The Hall–Kier alpha value is -0.710. The fourth-order valence-corrected chi connectivity index (χ4v) is 1.45. The minimum atomic E-state index is -2.97. The maximum absolute atomic E-state index is 12.6. The van der Waals surface area contributed by atoms with Crippen LogP contribution in [0.4, 0.5) is 8.78 Å². The maximum Gasteiger partial charge on any atom is 0.254 e. The van der Waals surface area contributed by atoms with Gasteiger partial charge in [0.1, 0.15) is 0 Å². The van der Waals surface area contributed by atoms with E-state index in [2.05, 4.69) is 5.32 Å². The van der Waals surface area contributed by atoms with Crippen LogP contribution in [0.2, 0.25) is 0 Å². The molecule has 0 aromatic heterocycles. The number of aliphatic hydroxyl groups excluding tert-OH is 1. The zero-order chi connectivity index (χ0) is 12.8. The molecular formula is C11H21F2NO2. The van der Waals surface area contributed by atoms with Gasteiger partial charge in [-0.15, -0.1) is 0 Å². The molecule has 0 heterocycles. The average Bonchev–Trinajstić information content (AvgIpc) is 2.13. The number of halogens is 2. The van der Waals surface area contributed by atoms with E-state index in [9.17, 15) is 13.6 Å². The highest BCUT2D eigenvalue weighted by Crippen LogP contribution is 2.17. The van der Waals surface area contributed by atoms with Gasteiger partial charge in [0.2, 0.25) is 5.91 Å². The normalized spacial score (nSPS) is 15.6. The molecule has 0 aliphatic heterocycles. The van der Waals surface area contributed by atoms with Crippen molar-refractivity contribution in [3.05, 3.63) is 0 Å². The summed E-state index contributed by atoms with van der Waals surface area (Å²) < 4.78 is 25.1. The smallest absolute Gasteiger partial charge is 0.254 e. The third kappa shape index (κ3) is 7.56. The standard InChI is InChI=1S/C11H21F2NO2/c1-4-9(5-8(2)7-15)14-10(16)6-11(3,12)13/h8-9,15H,4-7H2,1-3H3,(H,14,16)/t8-,9-/m1/s1. The van der Waals surface area contributed by atoms with Crippen molar-refractivity contribution in [2.24, 2.45) is 5.92 Å². The van der Waals surface area contributed by atoms with Crippen molar-refractivity contribution in [2.45, 2.75) is 52.0 Å². The fourth-order valence-electron chi connectivity index (χ4n) is 1.45. The molecule has 0 aliphatic rings. The largest absolute Gasteiger partial charge is 0.396 e. The zero-order valence-corrected chi connectivity index (χ0v) is 10.1. The SMILES string of the molecule is CC[C@H](C[C@@H](C)CO)NC(=O)CC(C)(F)F. The molecule has 0 spiro atoms. The molecule has 2 atom stereocenters. The number of carbonyl (C=O) groups excluding carboxylic acids is 1. The van der Waals surface area contributed by atoms with Crippen LogP contribution in [0.25, 0.3) is 0 Å². The average molecular weight is 237 g/mol. The van der Waals surface area contributed by atoms with Gasteiger partial charge in [-0.2, -0.15) is 0 Å². The monoisotopic (exact) mass is 237 g/mol. The molecule has 5 heteroatoms. The maximum atomic E-state index is 12.6. The molecule has 3 nitrogen and oxygen atoms in total. The van der Waals surface area contributed by atoms with Crippen molar-refractivity contribution in [1.82, 2.24) is 5.32 Å². The highest BCUT2D eigenvalue weighted by atomic mass is 19.3. The summed E-state index contributed by atoms with van der Waals surface area (Å²) in [5.41, 5.74) is 0. The molecule has 0 bridgehead atoms. The van der Waals surface area contributed by atoms with Crippen LogP contribution in [0.5, 0.6) is 0 Å². The van der Waals surface area contributed by atoms with E-state index in [1.807, 2.05) is 13.8 Å². The molecule has 0 unspecified atom stereocenters. The lowest BCUT2D eigenvalue weighted by Crippen LogP contribution is -2.38. The molecule has 0 fully saturated rings. The van der Waals surface area contributed by atoms with Crippen molar-refractivity contribution in [3.63, 3.8) is 0 Å². The van der Waals surface area contributed by atoms with Gasteiger partial charge >= 0.3 is 0 Å². The predicted octanol–water partition coefficient (Wildman–Crippen LogP) is 1.94. The Morgan fingerprint density at radius 1 is 1.50 bits per heavy atom. The Labute approximate surface area is 95.2 Å². The molecule has 0 aliphatic carbocycles. The van der Waals surface area contributed by atoms with Gasteiger partial charge in [-0.3, -0.25) is 4.79 Å². The van der Waals surface area contributed by atoms with Crippen molar-refractivity contribution in [3.8, 4) is 0 Å². The summed E-state index contributed by atoms with van der Waals surface area (Å²) in [5.74, 6) is -3.54. The lowest BCUT2D eigenvalue weighted by molar-refractivity contribution is -0.128. The molecular weight excluding hydrogens is 216 g/mol. The van der Waals surface area contributed by atoms with Gasteiger partial charge in [-0.25, -0.2) is 8.78 Å². The Balaban J connectivity index is 4.07. The van der Waals surface area contributed by atoms with Crippen LogP contribution in [-0.2, 0) is 4.79 Å². The van der Waals surface area contributed by atoms with Gasteiger partial charge in [-0.05, 0) is 25.7 Å². The molecule has 96 valence electrons. The number of amides is 1. The number of carbonyl (C=O) groups is 1. The van der Waals surface area contributed by atoms with Gasteiger partial charge in [0, 0.05) is 12.6 Å². The molecule has 0 saturated carbocycles. The van der Waals surface area contributed by atoms with E-state index in [0.29, 0.717) is 12.8 Å². The molecule has 0 saturated heterocycles. The number of aliphatic hydroxyl groups is 1. The van der Waals surface area contributed by atoms with E-state index in [0.717, 1.165) is 6.92 Å². The summed E-state index contributed by atoms with van der Waals surface area (Å²) in [7, 11) is 0. The molecule has 2 N–H and O–H groups in total. The van der Waals surface area contributed by atoms with E-state index in [-0.39, 0.29) is 18.6 Å². The zero-order valence-electron chi connectivity index (χ0n) is 10.1. The predicted molar refractivity (Wildman–Crippen MR) is 58.3 cm³/mol. The second-order valence-electron chi connectivity index (χ2n) is 4.44. The second kappa shape index (κ2) is 6.78. The summed E-state index contributed by atoms with van der Waals surface area (Å²) in [6.45, 7) is 4.49. The molecule has 1 amide bonds. The quantitative estimate of drug-likeness (QED) is 0.711. The van der Waals surface area contributed by atoms with Crippen LogP contribution < -0.4 is 5.32 Å². The van der Waals surface area contributed by atoms with Crippen LogP contribution in [0.1, 0.15) is 40.0 Å². The first-order valence-corrected chi connectivity index (χ1v) is 5.56. The topological polar surface area (TPSA) is 49.3 Å². The van der Waals surface area contributed by atoms with E-state index >= 15 is 0 Å². The number of alkyl halides is 2. The number of hydrogen-bond donors (Lipinski definition) is 2. The van der Waals surface area contributed by atoms with Crippen LogP contribution >= 0.6 is 0 Å². The molecule has 16 heavy (non-hydrogen) atoms. The van der Waals surface area contributed by atoms with Crippen molar-refractivity contribution in [2.75, 3.05) is 6.61 Å². The van der Waals surface area contributed by atoms with Crippen molar-refractivity contribution < 1.29 is 18.7 Å². The highest BCUT2D eigenvalue weighted by molar-refractivity contribution is 5.77. The summed E-state index contributed by atoms with van der Waals surface area (Å²) in [4.78, 5) is 11.2. The van der Waals surface area contributed by atoms with Crippen molar-refractivity contribution in [1.29, 1.82) is 0 Å². The van der Waals surface area contributed by atoms with Gasteiger partial charge in [0.15, 0.2) is 0 Å². The van der Waals surface area contributed by atoms with E-state index in [1.54, 1.807) is 0 Å². The lowest BCUT2D eigenvalue weighted by atomic mass is 10.0.